The number of hydroxylamine groups is 2. The summed E-state index contributed by atoms with van der Waals surface area (Å²) in [4.78, 5) is 16.5. The van der Waals surface area contributed by atoms with E-state index in [1.165, 1.54) is 0 Å². The van der Waals surface area contributed by atoms with Crippen LogP contribution in [0.15, 0.2) is 0 Å². The summed E-state index contributed by atoms with van der Waals surface area (Å²) in [5.74, 6) is 0.360. The van der Waals surface area contributed by atoms with Crippen LogP contribution in [0.25, 0.3) is 0 Å². The molecule has 0 spiro atoms. The Bertz CT molecular complexity index is 159. The molecule has 0 saturated carbocycles. The van der Waals surface area contributed by atoms with Gasteiger partial charge in [0.25, 0.3) is 0 Å². The largest absolute Gasteiger partial charge is 0.300 e. The van der Waals surface area contributed by atoms with Gasteiger partial charge in [-0.1, -0.05) is 6.92 Å². The van der Waals surface area contributed by atoms with Crippen molar-refractivity contribution in [3.05, 3.63) is 0 Å². The molecule has 1 atom stereocenters. The van der Waals surface area contributed by atoms with Crippen molar-refractivity contribution in [1.82, 2.24) is 5.06 Å². The summed E-state index contributed by atoms with van der Waals surface area (Å²) in [5.41, 5.74) is 0. The van der Waals surface area contributed by atoms with E-state index in [2.05, 4.69) is 6.92 Å². The Morgan fingerprint density at radius 1 is 1.67 bits per heavy atom. The third-order valence-electron chi connectivity index (χ3n) is 2.09. The first-order valence-corrected chi connectivity index (χ1v) is 4.65. The van der Waals surface area contributed by atoms with Gasteiger partial charge in [-0.2, -0.15) is 5.06 Å². The van der Waals surface area contributed by atoms with Gasteiger partial charge in [0.15, 0.2) is 0 Å². The molecular weight excluding hydrogens is 154 g/mol. The van der Waals surface area contributed by atoms with Gasteiger partial charge in [-0.25, -0.2) is 0 Å². The molecule has 1 rings (SSSR count). The van der Waals surface area contributed by atoms with E-state index in [4.69, 9.17) is 4.84 Å². The molecule has 1 unspecified atom stereocenters. The van der Waals surface area contributed by atoms with Crippen LogP contribution in [0, 0.1) is 0 Å². The normalized spacial score (nSPS) is 26.2. The number of hydrogen-bond donors (Lipinski definition) is 0. The topological polar surface area (TPSA) is 29.5 Å². The average molecular weight is 171 g/mol. The van der Waals surface area contributed by atoms with E-state index in [-0.39, 0.29) is 6.04 Å². The molecule has 0 amide bonds. The maximum Gasteiger partial charge on any atom is 0.135 e. The summed E-state index contributed by atoms with van der Waals surface area (Å²) < 4.78 is 0. The molecule has 1 fully saturated rings. The lowest BCUT2D eigenvalue weighted by Crippen LogP contribution is -2.40. The first kappa shape index (κ1) is 9.68. The summed E-state index contributed by atoms with van der Waals surface area (Å²) in [6.45, 7) is 5.64. The zero-order valence-electron chi connectivity index (χ0n) is 7.88. The third kappa shape index (κ3) is 2.57. The summed E-state index contributed by atoms with van der Waals surface area (Å²) in [6.07, 6.45) is 2.31. The number of nitrogens with zero attached hydrogens (tertiary/aromatic N) is 1. The van der Waals surface area contributed by atoms with Crippen molar-refractivity contribution >= 4 is 5.78 Å². The van der Waals surface area contributed by atoms with Crippen molar-refractivity contribution in [3.8, 4) is 0 Å². The van der Waals surface area contributed by atoms with Gasteiger partial charge in [-0.3, -0.25) is 9.63 Å². The Morgan fingerprint density at radius 2 is 2.42 bits per heavy atom. The number of Topliss-reactive ketones (excluding diaryl/α,β-unsaturated/α-hetero) is 1. The smallest absolute Gasteiger partial charge is 0.135 e. The van der Waals surface area contributed by atoms with Crippen LogP contribution in [0.2, 0.25) is 0 Å². The van der Waals surface area contributed by atoms with Gasteiger partial charge in [-0.15, -0.1) is 0 Å². The Kier molecular flexibility index (Phi) is 3.69. The highest BCUT2D eigenvalue weighted by Crippen LogP contribution is 2.13. The highest BCUT2D eigenvalue weighted by molar-refractivity contribution is 5.79. The maximum absolute atomic E-state index is 11.0. The molecule has 0 aliphatic carbocycles. The van der Waals surface area contributed by atoms with E-state index < -0.39 is 0 Å². The summed E-state index contributed by atoms with van der Waals surface area (Å²) in [7, 11) is 0. The maximum atomic E-state index is 11.0. The van der Waals surface area contributed by atoms with Crippen molar-refractivity contribution in [2.24, 2.45) is 0 Å². The molecule has 1 heterocycles. The standard InChI is InChI=1S/C9H17NO2/c1-3-6-12-10-5-4-9(11)7-8(10)2/h8H,3-7H2,1-2H3. The highest BCUT2D eigenvalue weighted by Gasteiger charge is 2.23. The minimum Gasteiger partial charge on any atom is -0.300 e. The quantitative estimate of drug-likeness (QED) is 0.642. The van der Waals surface area contributed by atoms with Crippen LogP contribution in [0.1, 0.15) is 33.1 Å². The summed E-state index contributed by atoms with van der Waals surface area (Å²) in [5, 5.41) is 1.94. The molecule has 1 aliphatic heterocycles. The predicted molar refractivity (Wildman–Crippen MR) is 46.7 cm³/mol. The lowest BCUT2D eigenvalue weighted by Gasteiger charge is -2.31. The predicted octanol–water partition coefficient (Wildman–Crippen LogP) is 1.38. The Morgan fingerprint density at radius 3 is 3.00 bits per heavy atom. The van der Waals surface area contributed by atoms with Crippen molar-refractivity contribution in [2.75, 3.05) is 13.2 Å². The van der Waals surface area contributed by atoms with E-state index in [1.807, 2.05) is 12.0 Å². The van der Waals surface area contributed by atoms with Gasteiger partial charge < -0.3 is 0 Å². The minimum atomic E-state index is 0.262. The monoisotopic (exact) mass is 171 g/mol. The highest BCUT2D eigenvalue weighted by atomic mass is 16.7. The zero-order valence-corrected chi connectivity index (χ0v) is 7.88. The third-order valence-corrected chi connectivity index (χ3v) is 2.09. The number of carbonyl (C=O) groups is 1. The molecule has 1 aliphatic rings. The van der Waals surface area contributed by atoms with Crippen LogP contribution in [0.4, 0.5) is 0 Å². The second-order valence-electron chi connectivity index (χ2n) is 3.32. The van der Waals surface area contributed by atoms with Crippen LogP contribution >= 0.6 is 0 Å². The van der Waals surface area contributed by atoms with Gasteiger partial charge in [0.05, 0.1) is 6.61 Å². The van der Waals surface area contributed by atoms with Gasteiger partial charge in [0, 0.05) is 25.4 Å². The minimum absolute atomic E-state index is 0.262. The van der Waals surface area contributed by atoms with Gasteiger partial charge in [0.1, 0.15) is 5.78 Å². The Hall–Kier alpha value is -0.410. The molecular formula is C9H17NO2. The van der Waals surface area contributed by atoms with Crippen molar-refractivity contribution in [1.29, 1.82) is 0 Å². The lowest BCUT2D eigenvalue weighted by molar-refractivity contribution is -0.194. The zero-order chi connectivity index (χ0) is 8.97. The van der Waals surface area contributed by atoms with Gasteiger partial charge >= 0.3 is 0 Å². The Balaban J connectivity index is 2.29. The van der Waals surface area contributed by atoms with Crippen LogP contribution in [0.3, 0.4) is 0 Å². The summed E-state index contributed by atoms with van der Waals surface area (Å²) >= 11 is 0. The van der Waals surface area contributed by atoms with E-state index in [1.54, 1.807) is 0 Å². The van der Waals surface area contributed by atoms with E-state index in [0.29, 0.717) is 18.6 Å². The number of carbonyl (C=O) groups excluding carboxylic acids is 1. The molecule has 12 heavy (non-hydrogen) atoms. The molecule has 0 bridgehead atoms. The van der Waals surface area contributed by atoms with Crippen molar-refractivity contribution in [3.63, 3.8) is 0 Å². The number of rotatable bonds is 3. The van der Waals surface area contributed by atoms with Gasteiger partial charge in [0.2, 0.25) is 0 Å². The van der Waals surface area contributed by atoms with Crippen molar-refractivity contribution in [2.45, 2.75) is 39.2 Å². The number of hydrogen-bond acceptors (Lipinski definition) is 3. The van der Waals surface area contributed by atoms with Crippen LogP contribution in [0.5, 0.6) is 0 Å². The van der Waals surface area contributed by atoms with Crippen molar-refractivity contribution < 1.29 is 9.63 Å². The fourth-order valence-electron chi connectivity index (χ4n) is 1.39. The molecule has 0 N–H and O–H groups in total. The number of piperidine rings is 1. The molecule has 0 aromatic heterocycles. The van der Waals surface area contributed by atoms with Gasteiger partial charge in [-0.05, 0) is 13.3 Å². The average Bonchev–Trinajstić information content (AvgIpc) is 2.03. The second-order valence-corrected chi connectivity index (χ2v) is 3.32. The first-order valence-electron chi connectivity index (χ1n) is 4.65. The first-order chi connectivity index (χ1) is 5.74. The lowest BCUT2D eigenvalue weighted by atomic mass is 10.1. The van der Waals surface area contributed by atoms with Crippen LogP contribution in [-0.2, 0) is 9.63 Å². The fraction of sp³-hybridized carbons (Fsp3) is 0.889. The molecule has 70 valence electrons. The van der Waals surface area contributed by atoms with E-state index >= 15 is 0 Å². The van der Waals surface area contributed by atoms with E-state index in [0.717, 1.165) is 19.6 Å². The van der Waals surface area contributed by atoms with Crippen LogP contribution in [-0.4, -0.2) is 30.0 Å². The number of ketones is 1. The Labute approximate surface area is 73.6 Å². The molecule has 0 aromatic carbocycles. The second kappa shape index (κ2) is 4.58. The van der Waals surface area contributed by atoms with E-state index in [9.17, 15) is 4.79 Å². The molecule has 0 aromatic rings. The van der Waals surface area contributed by atoms with Crippen LogP contribution < -0.4 is 0 Å². The summed E-state index contributed by atoms with van der Waals surface area (Å²) in [6, 6.07) is 0.262. The SMILES string of the molecule is CCCON1CCC(=O)CC1C. The molecule has 0 radical (unpaired) electrons. The molecule has 3 heteroatoms. The fourth-order valence-corrected chi connectivity index (χ4v) is 1.39. The molecule has 3 nitrogen and oxygen atoms in total. The molecule has 1 saturated heterocycles.